The van der Waals surface area contributed by atoms with E-state index in [0.717, 1.165) is 6.26 Å². The molecule has 1 unspecified atom stereocenters. The molecule has 0 saturated heterocycles. The number of ether oxygens (including phenoxy) is 1. The van der Waals surface area contributed by atoms with Gasteiger partial charge in [-0.15, -0.1) is 6.58 Å². The molecule has 0 saturated carbocycles. The number of hydrogen-bond donors (Lipinski definition) is 2. The van der Waals surface area contributed by atoms with Crippen LogP contribution < -0.4 is 5.32 Å². The Hall–Kier alpha value is -1.21. The van der Waals surface area contributed by atoms with Gasteiger partial charge < -0.3 is 10.1 Å². The minimum Gasteiger partial charge on any atom is -0.477 e. The van der Waals surface area contributed by atoms with Gasteiger partial charge in [-0.05, 0) is 19.9 Å². The van der Waals surface area contributed by atoms with Gasteiger partial charge in [0.05, 0.1) is 11.3 Å². The van der Waals surface area contributed by atoms with Gasteiger partial charge in [0.25, 0.3) is 0 Å². The normalized spacial score (nSPS) is 16.7. The summed E-state index contributed by atoms with van der Waals surface area (Å²) >= 11 is 3.88. The lowest BCUT2D eigenvalue weighted by atomic mass is 9.96. The molecule has 2 atom stereocenters. The molecule has 0 radical (unpaired) electrons. The molecule has 0 aliphatic rings. The summed E-state index contributed by atoms with van der Waals surface area (Å²) in [6.45, 7) is 10.4. The summed E-state index contributed by atoms with van der Waals surface area (Å²) < 4.78 is 28.6. The summed E-state index contributed by atoms with van der Waals surface area (Å²) in [5.74, 6) is -0.294. The van der Waals surface area contributed by atoms with Crippen molar-refractivity contribution in [2.75, 3.05) is 12.0 Å². The van der Waals surface area contributed by atoms with Gasteiger partial charge in [0.1, 0.15) is 6.10 Å². The van der Waals surface area contributed by atoms with Crippen LogP contribution in [0.5, 0.6) is 0 Å². The fourth-order valence-electron chi connectivity index (χ4n) is 1.30. The van der Waals surface area contributed by atoms with E-state index in [1.165, 1.54) is 18.2 Å². The Balaban J connectivity index is 5.25. The van der Waals surface area contributed by atoms with Crippen LogP contribution in [0.4, 0.5) is 0 Å². The number of carbonyl (C=O) groups is 1. The molecule has 0 fully saturated rings. The second kappa shape index (κ2) is 7.54. The maximum Gasteiger partial charge on any atom is 0.230 e. The molecule has 0 aliphatic carbocycles. The Labute approximate surface area is 126 Å². The molecule has 0 aromatic rings. The van der Waals surface area contributed by atoms with Crippen molar-refractivity contribution in [1.29, 1.82) is 0 Å². The van der Waals surface area contributed by atoms with E-state index < -0.39 is 21.5 Å². The molecule has 0 aromatic heterocycles. The van der Waals surface area contributed by atoms with Gasteiger partial charge in [0, 0.05) is 6.26 Å². The highest BCUT2D eigenvalue weighted by Gasteiger charge is 2.33. The molecule has 0 aromatic carbocycles. The maximum atomic E-state index is 11.6. The van der Waals surface area contributed by atoms with Crippen molar-refractivity contribution in [3.8, 4) is 0 Å². The first-order valence-electron chi connectivity index (χ1n) is 5.85. The van der Waals surface area contributed by atoms with Crippen molar-refractivity contribution in [2.45, 2.75) is 25.5 Å². The van der Waals surface area contributed by atoms with Gasteiger partial charge in [-0.2, -0.15) is 12.6 Å². The average Bonchev–Trinajstić information content (AvgIpc) is 2.36. The number of rotatable bonds is 8. The van der Waals surface area contributed by atoms with Crippen molar-refractivity contribution in [2.24, 2.45) is 0 Å². The van der Waals surface area contributed by atoms with Crippen LogP contribution in [0.25, 0.3) is 0 Å². The summed E-state index contributed by atoms with van der Waals surface area (Å²) in [6.07, 6.45) is 4.46. The van der Waals surface area contributed by atoms with Crippen LogP contribution in [0.15, 0.2) is 36.5 Å². The summed E-state index contributed by atoms with van der Waals surface area (Å²) in [4.78, 5) is 11.5. The van der Waals surface area contributed by atoms with E-state index in [1.807, 2.05) is 0 Å². The molecule has 1 N–H and O–H groups in total. The molecule has 20 heavy (non-hydrogen) atoms. The summed E-state index contributed by atoms with van der Waals surface area (Å²) in [5.41, 5.74) is -0.926. The average molecular weight is 319 g/mol. The van der Waals surface area contributed by atoms with Gasteiger partial charge in [-0.1, -0.05) is 18.7 Å². The van der Waals surface area contributed by atoms with E-state index in [9.17, 15) is 13.2 Å². The van der Waals surface area contributed by atoms with Gasteiger partial charge in [0.15, 0.2) is 0 Å². The smallest absolute Gasteiger partial charge is 0.230 e. The first-order chi connectivity index (χ1) is 9.10. The third kappa shape index (κ3) is 5.42. The first kappa shape index (κ1) is 18.8. The number of nitrogens with one attached hydrogen (secondary N) is 1. The third-order valence-electron chi connectivity index (χ3n) is 2.73. The number of allylic oxidation sites excluding steroid dienone is 2. The first-order valence-corrected chi connectivity index (χ1v) is 8.38. The minimum absolute atomic E-state index is 0.0115. The predicted octanol–water partition coefficient (Wildman–Crippen LogP) is 1.45. The Bertz CT molecular complexity index is 510. The van der Waals surface area contributed by atoms with E-state index >= 15 is 0 Å². The highest BCUT2D eigenvalue weighted by Crippen LogP contribution is 2.20. The predicted molar refractivity (Wildman–Crippen MR) is 84.3 cm³/mol. The van der Waals surface area contributed by atoms with Gasteiger partial charge in [-0.3, -0.25) is 4.79 Å². The third-order valence-corrected chi connectivity index (χ3v) is 3.98. The van der Waals surface area contributed by atoms with Crippen LogP contribution in [-0.2, 0) is 19.4 Å². The van der Waals surface area contributed by atoms with E-state index in [-0.39, 0.29) is 16.8 Å². The lowest BCUT2D eigenvalue weighted by molar-refractivity contribution is -0.120. The topological polar surface area (TPSA) is 72.5 Å². The fourth-order valence-corrected chi connectivity index (χ4v) is 2.04. The quantitative estimate of drug-likeness (QED) is 0.307. The molecule has 0 spiro atoms. The molecular weight excluding hydrogens is 298 g/mol. The highest BCUT2D eigenvalue weighted by molar-refractivity contribution is 7.94. The number of amides is 1. The van der Waals surface area contributed by atoms with Crippen molar-refractivity contribution in [1.82, 2.24) is 5.32 Å². The van der Waals surface area contributed by atoms with Crippen LogP contribution in [0.1, 0.15) is 13.8 Å². The zero-order chi connectivity index (χ0) is 16.0. The Kier molecular flexibility index (Phi) is 7.08. The lowest BCUT2D eigenvalue weighted by Crippen LogP contribution is -2.53. The van der Waals surface area contributed by atoms with Crippen molar-refractivity contribution in [3.63, 3.8) is 0 Å². The van der Waals surface area contributed by atoms with Crippen LogP contribution in [0, 0.1) is 0 Å². The summed E-state index contributed by atoms with van der Waals surface area (Å²) in [6, 6.07) is 0. The molecule has 0 bridgehead atoms. The van der Waals surface area contributed by atoms with Gasteiger partial charge in [0.2, 0.25) is 20.8 Å². The molecule has 0 heterocycles. The molecule has 7 heteroatoms. The van der Waals surface area contributed by atoms with E-state index in [1.54, 1.807) is 13.8 Å². The standard InChI is InChI=1S/C13H21NO4S2/c1-6-8-12(20(5,16)17)18-10(3)13(4,7-2)14-11(15)9-19/h6-8,10,19H,1-2,9H2,3-5H3,(H,14,15)/b12-8+/t10-,13?/m1/s1. The van der Waals surface area contributed by atoms with Crippen LogP contribution in [0.3, 0.4) is 0 Å². The van der Waals surface area contributed by atoms with Gasteiger partial charge >= 0.3 is 0 Å². The van der Waals surface area contributed by atoms with Crippen molar-refractivity contribution < 1.29 is 17.9 Å². The highest BCUT2D eigenvalue weighted by atomic mass is 32.2. The zero-order valence-corrected chi connectivity index (χ0v) is 13.6. The Morgan fingerprint density at radius 2 is 2.05 bits per heavy atom. The second-order valence-electron chi connectivity index (χ2n) is 4.45. The largest absolute Gasteiger partial charge is 0.477 e. The number of thiol groups is 1. The van der Waals surface area contributed by atoms with E-state index in [0.29, 0.717) is 0 Å². The van der Waals surface area contributed by atoms with Crippen molar-refractivity contribution >= 4 is 28.4 Å². The number of sulfone groups is 1. The molecule has 0 aliphatic heterocycles. The van der Waals surface area contributed by atoms with Crippen LogP contribution >= 0.6 is 12.6 Å². The number of hydrogen-bond acceptors (Lipinski definition) is 5. The van der Waals surface area contributed by atoms with E-state index in [2.05, 4.69) is 31.1 Å². The van der Waals surface area contributed by atoms with E-state index in [4.69, 9.17) is 4.74 Å². The minimum atomic E-state index is -3.52. The summed E-state index contributed by atoms with van der Waals surface area (Å²) in [7, 11) is -3.52. The molecule has 1 amide bonds. The SMILES string of the molecule is C=C/C=C(\O[C@H](C)C(C)(C=C)NC(=O)CS)S(C)(=O)=O. The monoisotopic (exact) mass is 319 g/mol. The Morgan fingerprint density at radius 1 is 1.50 bits per heavy atom. The second-order valence-corrected chi connectivity index (χ2v) is 6.71. The molecular formula is C13H21NO4S2. The van der Waals surface area contributed by atoms with Gasteiger partial charge in [-0.25, -0.2) is 8.42 Å². The van der Waals surface area contributed by atoms with Crippen molar-refractivity contribution in [3.05, 3.63) is 36.5 Å². The molecule has 5 nitrogen and oxygen atoms in total. The molecule has 114 valence electrons. The zero-order valence-electron chi connectivity index (χ0n) is 11.9. The number of carbonyl (C=O) groups excluding carboxylic acids is 1. The van der Waals surface area contributed by atoms with Crippen LogP contribution in [-0.4, -0.2) is 38.0 Å². The lowest BCUT2D eigenvalue weighted by Gasteiger charge is -2.33. The van der Waals surface area contributed by atoms with Crippen LogP contribution in [0.2, 0.25) is 0 Å². The molecule has 0 rings (SSSR count). The Morgan fingerprint density at radius 3 is 2.40 bits per heavy atom. The maximum absolute atomic E-state index is 11.6. The fraction of sp³-hybridized carbons (Fsp3) is 0.462. The summed E-state index contributed by atoms with van der Waals surface area (Å²) in [5, 5.41) is 2.47.